The lowest BCUT2D eigenvalue weighted by molar-refractivity contribution is 0.102. The summed E-state index contributed by atoms with van der Waals surface area (Å²) in [5.74, 6) is 0.110. The number of carbonyl (C=O) groups is 1. The van der Waals surface area contributed by atoms with Crippen LogP contribution >= 0.6 is 11.3 Å². The first-order valence-electron chi connectivity index (χ1n) is 6.14. The smallest absolute Gasteiger partial charge is 0.186 e. The van der Waals surface area contributed by atoms with Crippen LogP contribution in [0.15, 0.2) is 6.20 Å². The van der Waals surface area contributed by atoms with E-state index in [1.807, 2.05) is 0 Å². The fourth-order valence-corrected chi connectivity index (χ4v) is 2.92. The first-order valence-corrected chi connectivity index (χ1v) is 6.96. The van der Waals surface area contributed by atoms with Gasteiger partial charge in [0.1, 0.15) is 0 Å². The molecule has 0 aromatic carbocycles. The number of hydrogen-bond acceptors (Lipinski definition) is 5. The van der Waals surface area contributed by atoms with Gasteiger partial charge in [-0.1, -0.05) is 18.3 Å². The topological polar surface area (TPSA) is 36.4 Å². The average Bonchev–Trinajstić information content (AvgIpc) is 2.80. The summed E-state index contributed by atoms with van der Waals surface area (Å²) in [6, 6.07) is 0. The summed E-state index contributed by atoms with van der Waals surface area (Å²) in [6.45, 7) is 9.23. The average molecular weight is 253 g/mol. The summed E-state index contributed by atoms with van der Waals surface area (Å²) >= 11 is 1.51. The van der Waals surface area contributed by atoms with Gasteiger partial charge < -0.3 is 4.90 Å². The number of thiazole rings is 1. The van der Waals surface area contributed by atoms with Crippen LogP contribution in [0.3, 0.4) is 0 Å². The molecule has 1 fully saturated rings. The van der Waals surface area contributed by atoms with Gasteiger partial charge in [-0.05, 0) is 13.0 Å². The van der Waals surface area contributed by atoms with Crippen molar-refractivity contribution in [2.24, 2.45) is 0 Å². The van der Waals surface area contributed by atoms with E-state index in [4.69, 9.17) is 0 Å². The molecule has 0 spiro atoms. The summed E-state index contributed by atoms with van der Waals surface area (Å²) in [6.07, 6.45) is 2.91. The van der Waals surface area contributed by atoms with Gasteiger partial charge in [0.2, 0.25) is 0 Å². The second kappa shape index (κ2) is 5.60. The standard InChI is InChI=1S/C12H19N3OS/c1-3-4-14-5-7-15(8-6-14)12-13-9-11(17-12)10(2)16/h9H,3-8H2,1-2H3. The molecule has 1 saturated heterocycles. The SMILES string of the molecule is CCCN1CCN(c2ncc(C(C)=O)s2)CC1. The van der Waals surface area contributed by atoms with Crippen LogP contribution in [-0.4, -0.2) is 48.4 Å². The zero-order chi connectivity index (χ0) is 12.3. The van der Waals surface area contributed by atoms with Crippen LogP contribution in [0, 0.1) is 0 Å². The van der Waals surface area contributed by atoms with E-state index in [1.54, 1.807) is 13.1 Å². The van der Waals surface area contributed by atoms with Gasteiger partial charge in [-0.3, -0.25) is 9.69 Å². The second-order valence-corrected chi connectivity index (χ2v) is 5.40. The number of carbonyl (C=O) groups excluding carboxylic acids is 1. The highest BCUT2D eigenvalue weighted by Gasteiger charge is 2.19. The summed E-state index contributed by atoms with van der Waals surface area (Å²) < 4.78 is 0. The minimum absolute atomic E-state index is 0.110. The number of hydrogen-bond donors (Lipinski definition) is 0. The third-order valence-corrected chi connectivity index (χ3v) is 4.18. The third-order valence-electron chi connectivity index (χ3n) is 3.02. The van der Waals surface area contributed by atoms with Crippen LogP contribution in [0.5, 0.6) is 0 Å². The molecule has 17 heavy (non-hydrogen) atoms. The first kappa shape index (κ1) is 12.5. The van der Waals surface area contributed by atoms with E-state index in [-0.39, 0.29) is 5.78 Å². The molecule has 5 heteroatoms. The van der Waals surface area contributed by atoms with Crippen molar-refractivity contribution in [3.63, 3.8) is 0 Å². The van der Waals surface area contributed by atoms with E-state index in [9.17, 15) is 4.79 Å². The fraction of sp³-hybridized carbons (Fsp3) is 0.667. The molecule has 2 heterocycles. The molecule has 0 saturated carbocycles. The lowest BCUT2D eigenvalue weighted by atomic mass is 10.3. The Kier molecular flexibility index (Phi) is 4.12. The maximum absolute atomic E-state index is 11.2. The van der Waals surface area contributed by atoms with E-state index in [0.29, 0.717) is 0 Å². The Balaban J connectivity index is 1.93. The molecule has 0 bridgehead atoms. The normalized spacial score (nSPS) is 17.4. The zero-order valence-electron chi connectivity index (χ0n) is 10.5. The van der Waals surface area contributed by atoms with E-state index in [0.717, 1.165) is 36.2 Å². The van der Waals surface area contributed by atoms with Gasteiger partial charge in [-0.15, -0.1) is 0 Å². The van der Waals surface area contributed by atoms with Crippen molar-refractivity contribution in [3.05, 3.63) is 11.1 Å². The summed E-state index contributed by atoms with van der Waals surface area (Å²) in [7, 11) is 0. The summed E-state index contributed by atoms with van der Waals surface area (Å²) in [4.78, 5) is 21.1. The quantitative estimate of drug-likeness (QED) is 0.768. The lowest BCUT2D eigenvalue weighted by Crippen LogP contribution is -2.46. The molecular weight excluding hydrogens is 234 g/mol. The Bertz CT molecular complexity index is 383. The largest absolute Gasteiger partial charge is 0.346 e. The van der Waals surface area contributed by atoms with E-state index in [2.05, 4.69) is 21.7 Å². The van der Waals surface area contributed by atoms with Gasteiger partial charge >= 0.3 is 0 Å². The van der Waals surface area contributed by atoms with Crippen LogP contribution in [0.25, 0.3) is 0 Å². The van der Waals surface area contributed by atoms with Crippen LogP contribution in [0.1, 0.15) is 29.9 Å². The number of Topliss-reactive ketones (excluding diaryl/α,β-unsaturated/α-hetero) is 1. The van der Waals surface area contributed by atoms with Crippen molar-refractivity contribution in [1.29, 1.82) is 0 Å². The number of anilines is 1. The van der Waals surface area contributed by atoms with Gasteiger partial charge in [0, 0.05) is 33.1 Å². The van der Waals surface area contributed by atoms with Crippen molar-refractivity contribution in [2.45, 2.75) is 20.3 Å². The number of aromatic nitrogens is 1. The Morgan fingerprint density at radius 3 is 2.65 bits per heavy atom. The van der Waals surface area contributed by atoms with Crippen molar-refractivity contribution in [3.8, 4) is 0 Å². The molecular formula is C12H19N3OS. The Hall–Kier alpha value is -0.940. The molecule has 0 atom stereocenters. The lowest BCUT2D eigenvalue weighted by Gasteiger charge is -2.34. The van der Waals surface area contributed by atoms with Gasteiger partial charge in [-0.2, -0.15) is 0 Å². The number of ketones is 1. The zero-order valence-corrected chi connectivity index (χ0v) is 11.3. The van der Waals surface area contributed by atoms with E-state index < -0.39 is 0 Å². The second-order valence-electron chi connectivity index (χ2n) is 4.39. The first-order chi connectivity index (χ1) is 8.20. The highest BCUT2D eigenvalue weighted by atomic mass is 32.1. The molecule has 0 N–H and O–H groups in total. The summed E-state index contributed by atoms with van der Waals surface area (Å²) in [5.41, 5.74) is 0. The van der Waals surface area contributed by atoms with Crippen LogP contribution in [-0.2, 0) is 0 Å². The van der Waals surface area contributed by atoms with Crippen molar-refractivity contribution >= 4 is 22.3 Å². The predicted molar refractivity (Wildman–Crippen MR) is 71.1 cm³/mol. The molecule has 1 aromatic rings. The Morgan fingerprint density at radius 2 is 2.12 bits per heavy atom. The monoisotopic (exact) mass is 253 g/mol. The molecule has 2 rings (SSSR count). The highest BCUT2D eigenvalue weighted by molar-refractivity contribution is 7.17. The Morgan fingerprint density at radius 1 is 1.41 bits per heavy atom. The van der Waals surface area contributed by atoms with Crippen molar-refractivity contribution in [2.75, 3.05) is 37.6 Å². The summed E-state index contributed by atoms with van der Waals surface area (Å²) in [5, 5.41) is 0.992. The Labute approximate surface area is 106 Å². The van der Waals surface area contributed by atoms with E-state index >= 15 is 0 Å². The maximum atomic E-state index is 11.2. The van der Waals surface area contributed by atoms with Gasteiger partial charge in [0.25, 0.3) is 0 Å². The molecule has 1 aromatic heterocycles. The minimum Gasteiger partial charge on any atom is -0.346 e. The molecule has 0 unspecified atom stereocenters. The number of nitrogens with zero attached hydrogens (tertiary/aromatic N) is 3. The van der Waals surface area contributed by atoms with Gasteiger partial charge in [-0.25, -0.2) is 4.98 Å². The van der Waals surface area contributed by atoms with Crippen molar-refractivity contribution in [1.82, 2.24) is 9.88 Å². The van der Waals surface area contributed by atoms with Crippen LogP contribution in [0.4, 0.5) is 5.13 Å². The van der Waals surface area contributed by atoms with Gasteiger partial charge in [0.15, 0.2) is 10.9 Å². The molecule has 1 aliphatic rings. The number of piperazine rings is 1. The number of rotatable bonds is 4. The molecule has 4 nitrogen and oxygen atoms in total. The minimum atomic E-state index is 0.110. The maximum Gasteiger partial charge on any atom is 0.186 e. The third kappa shape index (κ3) is 3.04. The molecule has 0 aliphatic carbocycles. The molecule has 1 aliphatic heterocycles. The van der Waals surface area contributed by atoms with Crippen molar-refractivity contribution < 1.29 is 4.79 Å². The van der Waals surface area contributed by atoms with Crippen LogP contribution in [0.2, 0.25) is 0 Å². The highest BCUT2D eigenvalue weighted by Crippen LogP contribution is 2.23. The van der Waals surface area contributed by atoms with E-state index in [1.165, 1.54) is 24.3 Å². The molecule has 0 radical (unpaired) electrons. The van der Waals surface area contributed by atoms with Gasteiger partial charge in [0.05, 0.1) is 11.1 Å². The molecule has 0 amide bonds. The fourth-order valence-electron chi connectivity index (χ4n) is 2.05. The van der Waals surface area contributed by atoms with Crippen LogP contribution < -0.4 is 4.90 Å². The molecule has 94 valence electrons. The predicted octanol–water partition coefficient (Wildman–Crippen LogP) is 1.88.